The van der Waals surface area contributed by atoms with Crippen LogP contribution in [-0.4, -0.2) is 13.1 Å². The van der Waals surface area contributed by atoms with Crippen molar-refractivity contribution in [3.8, 4) is 0 Å². The van der Waals surface area contributed by atoms with Crippen LogP contribution in [0.3, 0.4) is 0 Å². The van der Waals surface area contributed by atoms with Gasteiger partial charge in [-0.05, 0) is 36.3 Å². The van der Waals surface area contributed by atoms with Crippen molar-refractivity contribution in [1.82, 2.24) is 0 Å². The Kier molecular flexibility index (Phi) is 3.40. The number of hydrogen-bond acceptors (Lipinski definition) is 2. The van der Waals surface area contributed by atoms with E-state index in [2.05, 4.69) is 4.74 Å². The fraction of sp³-hybridized carbons (Fsp3) is 0.182. The van der Waals surface area contributed by atoms with Gasteiger partial charge in [-0.1, -0.05) is 6.07 Å². The summed E-state index contributed by atoms with van der Waals surface area (Å²) in [5, 5.41) is 0. The van der Waals surface area contributed by atoms with E-state index < -0.39 is 5.97 Å². The Bertz CT molecular complexity index is 349. The zero-order valence-corrected chi connectivity index (χ0v) is 8.08. The second-order valence-electron chi connectivity index (χ2n) is 2.92. The highest BCUT2D eigenvalue weighted by Crippen LogP contribution is 2.09. The molecular formula is C11H11FO2. The van der Waals surface area contributed by atoms with Gasteiger partial charge in [0.05, 0.1) is 7.11 Å². The van der Waals surface area contributed by atoms with E-state index in [-0.39, 0.29) is 5.82 Å². The summed E-state index contributed by atoms with van der Waals surface area (Å²) >= 11 is 0. The van der Waals surface area contributed by atoms with Gasteiger partial charge in [0.2, 0.25) is 0 Å². The molecule has 0 amide bonds. The SMILES string of the molecule is COC(=O)C=Cc1cc(C)cc(F)c1. The van der Waals surface area contributed by atoms with Crippen LogP contribution >= 0.6 is 0 Å². The summed E-state index contributed by atoms with van der Waals surface area (Å²) in [6, 6.07) is 4.56. The minimum absolute atomic E-state index is 0.311. The summed E-state index contributed by atoms with van der Waals surface area (Å²) in [5.41, 5.74) is 1.46. The number of methoxy groups -OCH3 is 1. The monoisotopic (exact) mass is 194 g/mol. The van der Waals surface area contributed by atoms with Gasteiger partial charge in [0.1, 0.15) is 5.82 Å². The first-order chi connectivity index (χ1) is 6.61. The number of halogens is 1. The van der Waals surface area contributed by atoms with Gasteiger partial charge in [-0.3, -0.25) is 0 Å². The van der Waals surface area contributed by atoms with Crippen molar-refractivity contribution in [1.29, 1.82) is 0 Å². The van der Waals surface area contributed by atoms with E-state index in [1.54, 1.807) is 13.0 Å². The maximum Gasteiger partial charge on any atom is 0.330 e. The van der Waals surface area contributed by atoms with Crippen molar-refractivity contribution in [2.75, 3.05) is 7.11 Å². The first-order valence-corrected chi connectivity index (χ1v) is 4.15. The van der Waals surface area contributed by atoms with Crippen molar-refractivity contribution in [3.63, 3.8) is 0 Å². The van der Waals surface area contributed by atoms with Crippen LogP contribution < -0.4 is 0 Å². The van der Waals surface area contributed by atoms with Crippen LogP contribution in [0.1, 0.15) is 11.1 Å². The van der Waals surface area contributed by atoms with Crippen LogP contribution in [-0.2, 0) is 9.53 Å². The van der Waals surface area contributed by atoms with Gasteiger partial charge in [-0.25, -0.2) is 9.18 Å². The summed E-state index contributed by atoms with van der Waals surface area (Å²) in [4.78, 5) is 10.8. The van der Waals surface area contributed by atoms with Crippen molar-refractivity contribution < 1.29 is 13.9 Å². The van der Waals surface area contributed by atoms with E-state index in [4.69, 9.17) is 0 Å². The minimum atomic E-state index is -0.452. The second kappa shape index (κ2) is 4.56. The molecule has 0 unspecified atom stereocenters. The number of rotatable bonds is 2. The van der Waals surface area contributed by atoms with Gasteiger partial charge in [0.15, 0.2) is 0 Å². The van der Waals surface area contributed by atoms with Crippen LogP contribution in [0.4, 0.5) is 4.39 Å². The summed E-state index contributed by atoms with van der Waals surface area (Å²) in [7, 11) is 1.30. The van der Waals surface area contributed by atoms with Crippen LogP contribution in [0.15, 0.2) is 24.3 Å². The van der Waals surface area contributed by atoms with E-state index in [0.29, 0.717) is 5.56 Å². The third-order valence-electron chi connectivity index (χ3n) is 1.68. The minimum Gasteiger partial charge on any atom is -0.466 e. The number of benzene rings is 1. The summed E-state index contributed by atoms with van der Waals surface area (Å²) in [6.45, 7) is 1.79. The van der Waals surface area contributed by atoms with Gasteiger partial charge >= 0.3 is 5.97 Å². The molecule has 0 heterocycles. The average molecular weight is 194 g/mol. The molecule has 0 fully saturated rings. The third-order valence-corrected chi connectivity index (χ3v) is 1.68. The van der Waals surface area contributed by atoms with Crippen LogP contribution in [0, 0.1) is 12.7 Å². The molecule has 74 valence electrons. The molecule has 0 aliphatic carbocycles. The molecule has 0 saturated carbocycles. The van der Waals surface area contributed by atoms with Crippen LogP contribution in [0.25, 0.3) is 6.08 Å². The Balaban J connectivity index is 2.86. The second-order valence-corrected chi connectivity index (χ2v) is 2.92. The molecule has 0 atom stereocenters. The fourth-order valence-electron chi connectivity index (χ4n) is 1.09. The van der Waals surface area contributed by atoms with Crippen molar-refractivity contribution in [3.05, 3.63) is 41.2 Å². The Hall–Kier alpha value is -1.64. The molecule has 0 saturated heterocycles. The third kappa shape index (κ3) is 3.01. The normalized spacial score (nSPS) is 10.5. The maximum absolute atomic E-state index is 12.9. The van der Waals surface area contributed by atoms with Crippen molar-refractivity contribution in [2.24, 2.45) is 0 Å². The molecule has 14 heavy (non-hydrogen) atoms. The fourth-order valence-corrected chi connectivity index (χ4v) is 1.09. The lowest BCUT2D eigenvalue weighted by Gasteiger charge is -1.97. The highest BCUT2D eigenvalue weighted by Gasteiger charge is 1.96. The molecule has 0 spiro atoms. The highest BCUT2D eigenvalue weighted by atomic mass is 19.1. The lowest BCUT2D eigenvalue weighted by molar-refractivity contribution is -0.134. The Labute approximate surface area is 82.0 Å². The standard InChI is InChI=1S/C11H11FO2/c1-8-5-9(7-10(12)6-8)3-4-11(13)14-2/h3-7H,1-2H3. The van der Waals surface area contributed by atoms with E-state index in [1.807, 2.05) is 0 Å². The molecule has 0 radical (unpaired) electrons. The topological polar surface area (TPSA) is 26.3 Å². The summed E-state index contributed by atoms with van der Waals surface area (Å²) in [5.74, 6) is -0.763. The first kappa shape index (κ1) is 10.4. The number of hydrogen-bond donors (Lipinski definition) is 0. The van der Waals surface area contributed by atoms with Gasteiger partial charge in [-0.2, -0.15) is 0 Å². The smallest absolute Gasteiger partial charge is 0.330 e. The predicted molar refractivity (Wildman–Crippen MR) is 52.2 cm³/mol. The Morgan fingerprint density at radius 2 is 2.14 bits per heavy atom. The molecule has 1 rings (SSSR count). The molecule has 2 nitrogen and oxygen atoms in total. The Morgan fingerprint density at radius 1 is 1.43 bits per heavy atom. The van der Waals surface area contributed by atoms with Gasteiger partial charge < -0.3 is 4.74 Å². The van der Waals surface area contributed by atoms with E-state index in [0.717, 1.165) is 5.56 Å². The molecule has 1 aromatic carbocycles. The quantitative estimate of drug-likeness (QED) is 0.533. The number of carbonyl (C=O) groups is 1. The van der Waals surface area contributed by atoms with Crippen LogP contribution in [0.2, 0.25) is 0 Å². The molecular weight excluding hydrogens is 183 g/mol. The summed E-state index contributed by atoms with van der Waals surface area (Å²) in [6.07, 6.45) is 2.77. The Morgan fingerprint density at radius 3 is 2.71 bits per heavy atom. The lowest BCUT2D eigenvalue weighted by atomic mass is 10.1. The van der Waals surface area contributed by atoms with E-state index in [1.165, 1.54) is 31.4 Å². The highest BCUT2D eigenvalue weighted by molar-refractivity contribution is 5.86. The number of esters is 1. The van der Waals surface area contributed by atoms with E-state index >= 15 is 0 Å². The molecule has 1 aromatic rings. The summed E-state index contributed by atoms with van der Waals surface area (Å²) < 4.78 is 17.3. The molecule has 0 bridgehead atoms. The lowest BCUT2D eigenvalue weighted by Crippen LogP contribution is -1.93. The van der Waals surface area contributed by atoms with Crippen LogP contribution in [0.5, 0.6) is 0 Å². The molecule has 0 aliphatic heterocycles. The van der Waals surface area contributed by atoms with Crippen molar-refractivity contribution in [2.45, 2.75) is 6.92 Å². The zero-order valence-electron chi connectivity index (χ0n) is 8.08. The molecule has 0 aliphatic rings. The molecule has 0 aromatic heterocycles. The van der Waals surface area contributed by atoms with Crippen molar-refractivity contribution >= 4 is 12.0 Å². The largest absolute Gasteiger partial charge is 0.466 e. The number of aryl methyl sites for hydroxylation is 1. The van der Waals surface area contributed by atoms with E-state index in [9.17, 15) is 9.18 Å². The molecule has 3 heteroatoms. The zero-order chi connectivity index (χ0) is 10.6. The number of carbonyl (C=O) groups excluding carboxylic acids is 1. The number of ether oxygens (including phenoxy) is 1. The first-order valence-electron chi connectivity index (χ1n) is 4.15. The van der Waals surface area contributed by atoms with Gasteiger partial charge in [0.25, 0.3) is 0 Å². The average Bonchev–Trinajstić information content (AvgIpc) is 2.12. The maximum atomic E-state index is 12.9. The van der Waals surface area contributed by atoms with Gasteiger partial charge in [0, 0.05) is 6.08 Å². The van der Waals surface area contributed by atoms with Gasteiger partial charge in [-0.15, -0.1) is 0 Å². The predicted octanol–water partition coefficient (Wildman–Crippen LogP) is 2.32. The molecule has 0 N–H and O–H groups in total.